The number of thiophene rings is 1. The zero-order valence-corrected chi connectivity index (χ0v) is 12.4. The summed E-state index contributed by atoms with van der Waals surface area (Å²) in [6, 6.07) is 2.18. The van der Waals surface area contributed by atoms with Crippen LogP contribution >= 0.6 is 27.3 Å². The Labute approximate surface area is 119 Å². The molecule has 0 bridgehead atoms. The van der Waals surface area contributed by atoms with Gasteiger partial charge in [0.05, 0.1) is 3.79 Å². The molecule has 0 saturated heterocycles. The highest BCUT2D eigenvalue weighted by molar-refractivity contribution is 9.11. The second-order valence-corrected chi connectivity index (χ2v) is 6.98. The molecule has 6 heteroatoms. The Morgan fingerprint density at radius 2 is 2.50 bits per heavy atom. The first kappa shape index (κ1) is 12.3. The van der Waals surface area contributed by atoms with Gasteiger partial charge in [0.25, 0.3) is 0 Å². The van der Waals surface area contributed by atoms with Gasteiger partial charge in [-0.2, -0.15) is 0 Å². The van der Waals surface area contributed by atoms with Gasteiger partial charge in [0.1, 0.15) is 12.2 Å². The number of fused-ring (bicyclic) bond motifs is 1. The molecule has 0 spiro atoms. The van der Waals surface area contributed by atoms with Gasteiger partial charge < -0.3 is 9.88 Å². The molecule has 2 aromatic heterocycles. The highest BCUT2D eigenvalue weighted by Gasteiger charge is 2.18. The number of hydrogen-bond donors (Lipinski definition) is 1. The first-order valence-corrected chi connectivity index (χ1v) is 7.79. The molecule has 0 unspecified atom stereocenters. The quantitative estimate of drug-likeness (QED) is 0.938. The fraction of sp³-hybridized carbons (Fsp3) is 0.500. The number of nitrogens with zero attached hydrogens (tertiary/aromatic N) is 3. The number of aromatic nitrogens is 3. The summed E-state index contributed by atoms with van der Waals surface area (Å²) >= 11 is 5.23. The lowest BCUT2D eigenvalue weighted by molar-refractivity contribution is 0.347. The van der Waals surface area contributed by atoms with E-state index in [-0.39, 0.29) is 0 Å². The molecule has 18 heavy (non-hydrogen) atoms. The lowest BCUT2D eigenvalue weighted by atomic mass is 9.99. The number of halogens is 1. The second-order valence-electron chi connectivity index (χ2n) is 4.69. The van der Waals surface area contributed by atoms with Gasteiger partial charge >= 0.3 is 0 Å². The van der Waals surface area contributed by atoms with Crippen molar-refractivity contribution in [3.8, 4) is 0 Å². The third-order valence-electron chi connectivity index (χ3n) is 3.31. The van der Waals surface area contributed by atoms with Crippen LogP contribution in [0.5, 0.6) is 0 Å². The van der Waals surface area contributed by atoms with Gasteiger partial charge in [-0.1, -0.05) is 0 Å². The zero-order valence-electron chi connectivity index (χ0n) is 9.97. The minimum atomic E-state index is 0.690. The van der Waals surface area contributed by atoms with E-state index in [1.54, 1.807) is 11.3 Å². The monoisotopic (exact) mass is 326 g/mol. The van der Waals surface area contributed by atoms with Crippen LogP contribution < -0.4 is 5.32 Å². The van der Waals surface area contributed by atoms with Crippen LogP contribution in [0.2, 0.25) is 0 Å². The third kappa shape index (κ3) is 2.81. The van der Waals surface area contributed by atoms with Crippen molar-refractivity contribution in [1.29, 1.82) is 0 Å². The summed E-state index contributed by atoms with van der Waals surface area (Å²) in [5.41, 5.74) is 1.35. The second kappa shape index (κ2) is 5.50. The van der Waals surface area contributed by atoms with Crippen LogP contribution in [-0.2, 0) is 19.5 Å². The standard InChI is InChI=1S/C12H15BrN4S/c13-11-3-10(7-18-11)5-14-4-9-1-2-12-16-15-8-17(12)6-9/h3,7-9,14H,1-2,4-6H2/t9-/m1/s1. The van der Waals surface area contributed by atoms with Crippen LogP contribution in [0.25, 0.3) is 0 Å². The SMILES string of the molecule is Brc1cc(CNC[C@H]2CCc3nncn3C2)cs1. The van der Waals surface area contributed by atoms with Crippen molar-refractivity contribution in [3.05, 3.63) is 32.9 Å². The van der Waals surface area contributed by atoms with Crippen molar-refractivity contribution in [1.82, 2.24) is 20.1 Å². The van der Waals surface area contributed by atoms with Gasteiger partial charge in [0, 0.05) is 19.5 Å². The number of hydrogen-bond acceptors (Lipinski definition) is 4. The molecule has 96 valence electrons. The van der Waals surface area contributed by atoms with Crippen molar-refractivity contribution in [2.75, 3.05) is 6.54 Å². The lowest BCUT2D eigenvalue weighted by Gasteiger charge is -2.23. The van der Waals surface area contributed by atoms with Crippen molar-refractivity contribution < 1.29 is 0 Å². The fourth-order valence-corrected chi connectivity index (χ4v) is 3.56. The van der Waals surface area contributed by atoms with Gasteiger partial charge in [0.15, 0.2) is 0 Å². The first-order chi connectivity index (χ1) is 8.81. The molecule has 4 nitrogen and oxygen atoms in total. The Kier molecular flexibility index (Phi) is 3.77. The average molecular weight is 327 g/mol. The topological polar surface area (TPSA) is 42.7 Å². The summed E-state index contributed by atoms with van der Waals surface area (Å²) in [5.74, 6) is 1.82. The van der Waals surface area contributed by atoms with E-state index in [1.807, 2.05) is 6.33 Å². The molecule has 0 fully saturated rings. The van der Waals surface area contributed by atoms with E-state index >= 15 is 0 Å². The van der Waals surface area contributed by atoms with Gasteiger partial charge in [-0.15, -0.1) is 21.5 Å². The molecular formula is C12H15BrN4S. The highest BCUT2D eigenvalue weighted by atomic mass is 79.9. The van der Waals surface area contributed by atoms with E-state index < -0.39 is 0 Å². The summed E-state index contributed by atoms with van der Waals surface area (Å²) < 4.78 is 3.38. The maximum absolute atomic E-state index is 4.11. The Balaban J connectivity index is 1.47. The van der Waals surface area contributed by atoms with Crippen LogP contribution in [0.3, 0.4) is 0 Å². The average Bonchev–Trinajstić information content (AvgIpc) is 2.97. The molecule has 0 aliphatic carbocycles. The van der Waals surface area contributed by atoms with E-state index in [0.717, 1.165) is 31.9 Å². The molecule has 0 radical (unpaired) electrons. The van der Waals surface area contributed by atoms with Crippen LogP contribution in [-0.4, -0.2) is 21.3 Å². The van der Waals surface area contributed by atoms with Gasteiger partial charge in [-0.25, -0.2) is 0 Å². The van der Waals surface area contributed by atoms with E-state index in [9.17, 15) is 0 Å². The molecule has 2 aromatic rings. The Hall–Kier alpha value is -0.720. The van der Waals surface area contributed by atoms with Crippen LogP contribution in [0, 0.1) is 5.92 Å². The van der Waals surface area contributed by atoms with E-state index in [2.05, 4.69) is 47.5 Å². The maximum Gasteiger partial charge on any atom is 0.132 e. The van der Waals surface area contributed by atoms with Crippen molar-refractivity contribution in [2.45, 2.75) is 25.9 Å². The molecule has 1 atom stereocenters. The van der Waals surface area contributed by atoms with E-state index in [4.69, 9.17) is 0 Å². The number of nitrogens with one attached hydrogen (secondary N) is 1. The van der Waals surface area contributed by atoms with Crippen molar-refractivity contribution in [2.24, 2.45) is 5.92 Å². The molecule has 0 saturated carbocycles. The summed E-state index contributed by atoms with van der Waals surface area (Å²) in [6.07, 6.45) is 4.10. The van der Waals surface area contributed by atoms with Gasteiger partial charge in [0.2, 0.25) is 0 Å². The number of aryl methyl sites for hydroxylation is 1. The van der Waals surface area contributed by atoms with Crippen LogP contribution in [0.15, 0.2) is 21.6 Å². The summed E-state index contributed by atoms with van der Waals surface area (Å²) in [6.45, 7) is 3.06. The zero-order chi connectivity index (χ0) is 12.4. The molecule has 0 aromatic carbocycles. The van der Waals surface area contributed by atoms with Gasteiger partial charge in [-0.05, 0) is 51.8 Å². The molecular weight excluding hydrogens is 312 g/mol. The summed E-state index contributed by atoms with van der Waals surface area (Å²) in [4.78, 5) is 0. The minimum absolute atomic E-state index is 0.690. The smallest absolute Gasteiger partial charge is 0.132 e. The molecule has 0 amide bonds. The minimum Gasteiger partial charge on any atom is -0.317 e. The van der Waals surface area contributed by atoms with Gasteiger partial charge in [-0.3, -0.25) is 0 Å². The fourth-order valence-electron chi connectivity index (χ4n) is 2.35. The highest BCUT2D eigenvalue weighted by Crippen LogP contribution is 2.21. The third-order valence-corrected chi connectivity index (χ3v) is 4.86. The summed E-state index contributed by atoms with van der Waals surface area (Å²) in [5, 5.41) is 13.8. The van der Waals surface area contributed by atoms with Crippen molar-refractivity contribution >= 4 is 27.3 Å². The maximum atomic E-state index is 4.11. The normalized spacial score (nSPS) is 18.8. The Morgan fingerprint density at radius 1 is 1.56 bits per heavy atom. The van der Waals surface area contributed by atoms with Crippen LogP contribution in [0.1, 0.15) is 17.8 Å². The van der Waals surface area contributed by atoms with E-state index in [1.165, 1.54) is 15.8 Å². The van der Waals surface area contributed by atoms with Crippen LogP contribution in [0.4, 0.5) is 0 Å². The first-order valence-electron chi connectivity index (χ1n) is 6.11. The Bertz CT molecular complexity index is 522. The Morgan fingerprint density at radius 3 is 3.33 bits per heavy atom. The predicted molar refractivity (Wildman–Crippen MR) is 75.6 cm³/mol. The van der Waals surface area contributed by atoms with Crippen molar-refractivity contribution in [3.63, 3.8) is 0 Å². The predicted octanol–water partition coefficient (Wildman–Crippen LogP) is 2.45. The molecule has 1 N–H and O–H groups in total. The molecule has 1 aliphatic heterocycles. The molecule has 3 rings (SSSR count). The molecule has 3 heterocycles. The summed E-state index contributed by atoms with van der Waals surface area (Å²) in [7, 11) is 0. The number of rotatable bonds is 4. The molecule has 1 aliphatic rings. The van der Waals surface area contributed by atoms with E-state index in [0.29, 0.717) is 5.92 Å². The largest absolute Gasteiger partial charge is 0.317 e. The lowest BCUT2D eigenvalue weighted by Crippen LogP contribution is -2.29.